The molecule has 1 saturated heterocycles. The number of piperidine rings is 1. The summed E-state index contributed by atoms with van der Waals surface area (Å²) in [7, 11) is -3.59. The summed E-state index contributed by atoms with van der Waals surface area (Å²) in [6, 6.07) is 12.3. The number of anilines is 1. The molecule has 1 heterocycles. The zero-order chi connectivity index (χ0) is 22.6. The highest BCUT2D eigenvalue weighted by atomic mass is 32.2. The first-order valence-electron chi connectivity index (χ1n) is 10.4. The van der Waals surface area contributed by atoms with Crippen LogP contribution in [-0.4, -0.2) is 44.3 Å². The molecule has 0 aliphatic carbocycles. The van der Waals surface area contributed by atoms with Gasteiger partial charge in [-0.05, 0) is 73.7 Å². The van der Waals surface area contributed by atoms with Gasteiger partial charge in [-0.2, -0.15) is 4.31 Å². The maximum Gasteiger partial charge on any atom is 0.338 e. The smallest absolute Gasteiger partial charge is 0.338 e. The SMILES string of the molecule is CCOC(=O)c1ccc(NC(=O)c2ccc(S(=O)(=O)N3CC(C)CC(C)C3)cc2)cc1. The van der Waals surface area contributed by atoms with Gasteiger partial charge in [0.2, 0.25) is 10.0 Å². The van der Waals surface area contributed by atoms with Crippen LogP contribution < -0.4 is 5.32 Å². The van der Waals surface area contributed by atoms with Crippen LogP contribution in [0.4, 0.5) is 5.69 Å². The van der Waals surface area contributed by atoms with Crippen molar-refractivity contribution in [3.05, 3.63) is 59.7 Å². The van der Waals surface area contributed by atoms with E-state index >= 15 is 0 Å². The number of nitrogens with one attached hydrogen (secondary N) is 1. The predicted octanol–water partition coefficient (Wildman–Crippen LogP) is 3.78. The van der Waals surface area contributed by atoms with E-state index in [0.717, 1.165) is 6.42 Å². The highest BCUT2D eigenvalue weighted by Crippen LogP contribution is 2.27. The molecule has 0 spiro atoms. The highest BCUT2D eigenvalue weighted by molar-refractivity contribution is 7.89. The normalized spacial score (nSPS) is 19.6. The quantitative estimate of drug-likeness (QED) is 0.685. The van der Waals surface area contributed by atoms with E-state index in [-0.39, 0.29) is 10.8 Å². The second kappa shape index (κ2) is 9.62. The monoisotopic (exact) mass is 444 g/mol. The molecule has 2 aromatic carbocycles. The molecule has 3 rings (SSSR count). The third-order valence-corrected chi connectivity index (χ3v) is 7.09. The molecule has 1 aliphatic heterocycles. The minimum Gasteiger partial charge on any atom is -0.462 e. The lowest BCUT2D eigenvalue weighted by molar-refractivity contribution is 0.0526. The topological polar surface area (TPSA) is 92.8 Å². The van der Waals surface area contributed by atoms with Crippen LogP contribution in [0.2, 0.25) is 0 Å². The van der Waals surface area contributed by atoms with E-state index in [4.69, 9.17) is 4.74 Å². The van der Waals surface area contributed by atoms with E-state index in [9.17, 15) is 18.0 Å². The number of rotatable bonds is 6. The third kappa shape index (κ3) is 5.51. The minimum absolute atomic E-state index is 0.184. The van der Waals surface area contributed by atoms with Crippen molar-refractivity contribution in [1.29, 1.82) is 0 Å². The van der Waals surface area contributed by atoms with Crippen LogP contribution in [-0.2, 0) is 14.8 Å². The van der Waals surface area contributed by atoms with Crippen molar-refractivity contribution in [2.75, 3.05) is 25.0 Å². The van der Waals surface area contributed by atoms with Crippen molar-refractivity contribution < 1.29 is 22.7 Å². The van der Waals surface area contributed by atoms with Gasteiger partial charge >= 0.3 is 5.97 Å². The Bertz CT molecular complexity index is 1020. The average Bonchev–Trinajstić information content (AvgIpc) is 2.74. The van der Waals surface area contributed by atoms with Gasteiger partial charge in [-0.1, -0.05) is 13.8 Å². The van der Waals surface area contributed by atoms with Gasteiger partial charge in [0.15, 0.2) is 0 Å². The van der Waals surface area contributed by atoms with E-state index in [1.54, 1.807) is 31.2 Å². The molecule has 2 aromatic rings. The first kappa shape index (κ1) is 23.0. The fraction of sp³-hybridized carbons (Fsp3) is 0.391. The predicted molar refractivity (Wildman–Crippen MR) is 118 cm³/mol. The molecule has 2 atom stereocenters. The maximum absolute atomic E-state index is 13.0. The highest BCUT2D eigenvalue weighted by Gasteiger charge is 2.31. The molecule has 8 heteroatoms. The van der Waals surface area contributed by atoms with Crippen molar-refractivity contribution in [1.82, 2.24) is 4.31 Å². The molecule has 1 aliphatic rings. The van der Waals surface area contributed by atoms with Crippen molar-refractivity contribution in [3.8, 4) is 0 Å². The number of nitrogens with zero attached hydrogens (tertiary/aromatic N) is 1. The summed E-state index contributed by atoms with van der Waals surface area (Å²) in [6.07, 6.45) is 1.02. The van der Waals surface area contributed by atoms with E-state index in [1.165, 1.54) is 28.6 Å². The van der Waals surface area contributed by atoms with Gasteiger partial charge in [0.05, 0.1) is 17.1 Å². The average molecular weight is 445 g/mol. The Kier molecular flexibility index (Phi) is 7.12. The van der Waals surface area contributed by atoms with Crippen LogP contribution in [0.25, 0.3) is 0 Å². The van der Waals surface area contributed by atoms with Crippen molar-refractivity contribution in [2.45, 2.75) is 32.1 Å². The Morgan fingerprint density at radius 3 is 2.06 bits per heavy atom. The van der Waals surface area contributed by atoms with Gasteiger partial charge in [0.25, 0.3) is 5.91 Å². The Hall–Kier alpha value is -2.71. The summed E-state index contributed by atoms with van der Waals surface area (Å²) < 4.78 is 32.4. The number of ether oxygens (including phenoxy) is 1. The van der Waals surface area contributed by atoms with Gasteiger partial charge in [-0.3, -0.25) is 4.79 Å². The minimum atomic E-state index is -3.59. The molecule has 0 aromatic heterocycles. The molecular formula is C23H28N2O5S. The van der Waals surface area contributed by atoms with Crippen LogP contribution >= 0.6 is 0 Å². The Morgan fingerprint density at radius 1 is 0.968 bits per heavy atom. The zero-order valence-electron chi connectivity index (χ0n) is 18.0. The maximum atomic E-state index is 13.0. The third-order valence-electron chi connectivity index (χ3n) is 5.24. The zero-order valence-corrected chi connectivity index (χ0v) is 18.8. The molecular weight excluding hydrogens is 416 g/mol. The molecule has 166 valence electrons. The second-order valence-corrected chi connectivity index (χ2v) is 9.98. The van der Waals surface area contributed by atoms with Crippen molar-refractivity contribution in [2.24, 2.45) is 11.8 Å². The van der Waals surface area contributed by atoms with Crippen LogP contribution in [0.15, 0.2) is 53.4 Å². The van der Waals surface area contributed by atoms with E-state index in [0.29, 0.717) is 48.3 Å². The van der Waals surface area contributed by atoms with Gasteiger partial charge in [0, 0.05) is 24.3 Å². The number of esters is 1. The lowest BCUT2D eigenvalue weighted by Gasteiger charge is -2.34. The molecule has 1 amide bonds. The molecule has 0 bridgehead atoms. The van der Waals surface area contributed by atoms with Gasteiger partial charge in [-0.25, -0.2) is 13.2 Å². The van der Waals surface area contributed by atoms with Gasteiger partial charge < -0.3 is 10.1 Å². The van der Waals surface area contributed by atoms with Crippen LogP contribution in [0.1, 0.15) is 47.9 Å². The summed E-state index contributed by atoms with van der Waals surface area (Å²) in [5.74, 6) is -0.152. The number of sulfonamides is 1. The van der Waals surface area contributed by atoms with E-state index in [1.807, 2.05) is 0 Å². The lowest BCUT2D eigenvalue weighted by atomic mass is 9.94. The van der Waals surface area contributed by atoms with Crippen LogP contribution in [0, 0.1) is 11.8 Å². The first-order chi connectivity index (χ1) is 14.7. The van der Waals surface area contributed by atoms with Crippen LogP contribution in [0.5, 0.6) is 0 Å². The largest absolute Gasteiger partial charge is 0.462 e. The van der Waals surface area contributed by atoms with E-state index in [2.05, 4.69) is 19.2 Å². The Balaban J connectivity index is 1.68. The summed E-state index contributed by atoms with van der Waals surface area (Å²) >= 11 is 0. The summed E-state index contributed by atoms with van der Waals surface area (Å²) in [6.45, 7) is 7.17. The molecule has 1 N–H and O–H groups in total. The number of amides is 1. The summed E-state index contributed by atoms with van der Waals surface area (Å²) in [5, 5.41) is 2.74. The van der Waals surface area contributed by atoms with Crippen molar-refractivity contribution in [3.63, 3.8) is 0 Å². The van der Waals surface area contributed by atoms with Gasteiger partial charge in [-0.15, -0.1) is 0 Å². The molecule has 1 fully saturated rings. The Morgan fingerprint density at radius 2 is 1.52 bits per heavy atom. The fourth-order valence-corrected chi connectivity index (χ4v) is 5.52. The second-order valence-electron chi connectivity index (χ2n) is 8.04. The molecule has 2 unspecified atom stereocenters. The number of hydrogen-bond acceptors (Lipinski definition) is 5. The number of carbonyl (C=O) groups is 2. The van der Waals surface area contributed by atoms with Gasteiger partial charge in [0.1, 0.15) is 0 Å². The molecule has 7 nitrogen and oxygen atoms in total. The summed E-state index contributed by atoms with van der Waals surface area (Å²) in [4.78, 5) is 24.4. The number of carbonyl (C=O) groups excluding carboxylic acids is 2. The fourth-order valence-electron chi connectivity index (χ4n) is 3.84. The summed E-state index contributed by atoms with van der Waals surface area (Å²) in [5.41, 5.74) is 1.26. The Labute approximate surface area is 183 Å². The number of benzene rings is 2. The number of hydrogen-bond donors (Lipinski definition) is 1. The standard InChI is InChI=1S/C23H28N2O5S/c1-4-30-23(27)19-5-9-20(10-6-19)24-22(26)18-7-11-21(12-8-18)31(28,29)25-14-16(2)13-17(3)15-25/h5-12,16-17H,4,13-15H2,1-3H3,(H,24,26). The van der Waals surface area contributed by atoms with Crippen molar-refractivity contribution >= 4 is 27.6 Å². The van der Waals surface area contributed by atoms with Crippen LogP contribution in [0.3, 0.4) is 0 Å². The lowest BCUT2D eigenvalue weighted by Crippen LogP contribution is -2.42. The molecule has 31 heavy (non-hydrogen) atoms. The molecule has 0 saturated carbocycles. The van der Waals surface area contributed by atoms with E-state index < -0.39 is 16.0 Å². The molecule has 0 radical (unpaired) electrons. The first-order valence-corrected chi connectivity index (χ1v) is 11.8.